The number of alkyl halides is 3. The number of amides is 3. The number of aryl methyl sites for hydroxylation is 3. The lowest BCUT2D eigenvalue weighted by molar-refractivity contribution is -0.182. The maximum absolute atomic E-state index is 13.3. The molecule has 6 N–H and O–H groups in total. The van der Waals surface area contributed by atoms with Gasteiger partial charge in [-0.1, -0.05) is 107 Å². The van der Waals surface area contributed by atoms with E-state index in [1.165, 1.54) is 29.9 Å². The number of nitrogens with zero attached hydrogens (tertiary/aromatic N) is 6. The number of halogens is 3. The van der Waals surface area contributed by atoms with E-state index in [9.17, 15) is 76.8 Å². The molecule has 3 saturated heterocycles. The highest BCUT2D eigenvalue weighted by Gasteiger charge is 2.65. The number of carboxylic acids is 3. The summed E-state index contributed by atoms with van der Waals surface area (Å²) in [5.41, 5.74) is -2.29. The van der Waals surface area contributed by atoms with E-state index in [0.717, 1.165) is 42.6 Å². The van der Waals surface area contributed by atoms with Gasteiger partial charge in [-0.05, 0) is 111 Å². The van der Waals surface area contributed by atoms with Gasteiger partial charge in [0, 0.05) is 37.4 Å². The Hall–Kier alpha value is -7.38. The first kappa shape index (κ1) is 68.1. The SMILES string of the molecule is CC(=O)C1(N=O)C[C@@H](C(=O)O)N(C(=O)[C@H](C)N[C@H](C)CCc2ccccc2)C1.C[C@H](CCc1ccccc1)N[C@@H](C)C(=O)N1CC(C)(N=O)C[C@H]1C(=O)O.C[C@H](CCc1ccccc1)N[C@@H](C)C(=O)N1CC(N=O)(C(F)(F)F)C[C@H]1C(=O)O. The Kier molecular flexibility index (Phi) is 24.8. The van der Waals surface area contributed by atoms with Crippen LogP contribution >= 0.6 is 0 Å². The number of benzene rings is 3. The summed E-state index contributed by atoms with van der Waals surface area (Å²) in [5.74, 6) is -6.04. The molecule has 3 amide bonds. The van der Waals surface area contributed by atoms with Crippen molar-refractivity contribution in [3.8, 4) is 0 Å². The van der Waals surface area contributed by atoms with Crippen LogP contribution in [0.4, 0.5) is 13.2 Å². The molecule has 25 heteroatoms. The summed E-state index contributed by atoms with van der Waals surface area (Å²) in [4.78, 5) is 121. The highest BCUT2D eigenvalue weighted by molar-refractivity contribution is 5.94. The summed E-state index contributed by atoms with van der Waals surface area (Å²) in [6.07, 6.45) is -1.55. The van der Waals surface area contributed by atoms with Crippen molar-refractivity contribution < 1.29 is 62.1 Å². The Morgan fingerprint density at radius 1 is 0.518 bits per heavy atom. The van der Waals surface area contributed by atoms with E-state index in [0.29, 0.717) is 11.3 Å². The fraction of sp³-hybridized carbons (Fsp3) is 0.569. The summed E-state index contributed by atoms with van der Waals surface area (Å²) in [6.45, 7) is 12.1. The number of likely N-dealkylation sites (tertiary alicyclic amines) is 3. The van der Waals surface area contributed by atoms with Gasteiger partial charge < -0.3 is 46.0 Å². The van der Waals surface area contributed by atoms with Crippen LogP contribution < -0.4 is 16.0 Å². The fourth-order valence-electron chi connectivity index (χ4n) is 10.5. The first-order chi connectivity index (χ1) is 39.0. The van der Waals surface area contributed by atoms with Crippen LogP contribution in [0.25, 0.3) is 0 Å². The van der Waals surface area contributed by atoms with E-state index in [-0.39, 0.29) is 50.0 Å². The van der Waals surface area contributed by atoms with Crippen LogP contribution in [0.5, 0.6) is 0 Å². The molecule has 0 saturated carbocycles. The molecule has 22 nitrogen and oxygen atoms in total. The van der Waals surface area contributed by atoms with Gasteiger partial charge in [-0.2, -0.15) is 18.1 Å². The van der Waals surface area contributed by atoms with Crippen LogP contribution in [-0.4, -0.2) is 168 Å². The van der Waals surface area contributed by atoms with E-state index in [1.54, 1.807) is 20.8 Å². The Morgan fingerprint density at radius 3 is 1.14 bits per heavy atom. The van der Waals surface area contributed by atoms with Crippen LogP contribution in [0.2, 0.25) is 0 Å². The molecule has 0 aliphatic carbocycles. The first-order valence-corrected chi connectivity index (χ1v) is 27.6. The second-order valence-electron chi connectivity index (χ2n) is 22.4. The van der Waals surface area contributed by atoms with Crippen molar-refractivity contribution in [1.29, 1.82) is 0 Å². The predicted octanol–water partition coefficient (Wildman–Crippen LogP) is 6.70. The average Bonchev–Trinajstić information content (AvgIpc) is 2.48. The van der Waals surface area contributed by atoms with Crippen molar-refractivity contribution in [3.05, 3.63) is 122 Å². The third kappa shape index (κ3) is 18.6. The number of hydrogen-bond donors (Lipinski definition) is 6. The van der Waals surface area contributed by atoms with Crippen LogP contribution in [0.3, 0.4) is 0 Å². The molecule has 3 heterocycles. The minimum atomic E-state index is -5.04. The monoisotopic (exact) mass is 1170 g/mol. The maximum Gasteiger partial charge on any atom is 0.418 e. The second kappa shape index (κ2) is 30.3. The highest BCUT2D eigenvalue weighted by Crippen LogP contribution is 2.44. The zero-order valence-corrected chi connectivity index (χ0v) is 48.1. The summed E-state index contributed by atoms with van der Waals surface area (Å²) in [6, 6.07) is 23.6. The van der Waals surface area contributed by atoms with Crippen molar-refractivity contribution in [2.24, 2.45) is 15.5 Å². The van der Waals surface area contributed by atoms with Gasteiger partial charge in [-0.3, -0.25) is 19.2 Å². The molecule has 0 radical (unpaired) electrons. The van der Waals surface area contributed by atoms with E-state index in [4.69, 9.17) is 0 Å². The third-order valence-corrected chi connectivity index (χ3v) is 15.5. The van der Waals surface area contributed by atoms with Crippen molar-refractivity contribution in [2.45, 2.75) is 190 Å². The lowest BCUT2D eigenvalue weighted by atomic mass is 9.93. The molecule has 6 rings (SSSR count). The van der Waals surface area contributed by atoms with Gasteiger partial charge in [0.15, 0.2) is 11.3 Å². The third-order valence-electron chi connectivity index (χ3n) is 15.5. The smallest absolute Gasteiger partial charge is 0.418 e. The molecule has 0 spiro atoms. The minimum absolute atomic E-state index is 0.0202. The molecule has 83 heavy (non-hydrogen) atoms. The van der Waals surface area contributed by atoms with E-state index in [1.807, 2.05) is 99.6 Å². The molecule has 12 atom stereocenters. The Morgan fingerprint density at radius 2 is 0.843 bits per heavy atom. The Labute approximate surface area is 480 Å². The largest absolute Gasteiger partial charge is 0.480 e. The summed E-state index contributed by atoms with van der Waals surface area (Å²) >= 11 is 0. The number of ketones is 1. The van der Waals surface area contributed by atoms with Crippen LogP contribution in [0.15, 0.2) is 107 Å². The number of Topliss-reactive ketones (excluding diaryl/α,β-unsaturated/α-hetero) is 1. The number of aliphatic carboxylic acids is 3. The number of carboxylic acid groups (broad SMARTS) is 3. The van der Waals surface area contributed by atoms with Gasteiger partial charge in [-0.25, -0.2) is 14.4 Å². The minimum Gasteiger partial charge on any atom is -0.480 e. The van der Waals surface area contributed by atoms with Crippen LogP contribution in [0, 0.1) is 14.7 Å². The topological polar surface area (TPSA) is 314 Å². The number of nitrogens with one attached hydrogen (secondary N) is 3. The lowest BCUT2D eigenvalue weighted by Gasteiger charge is -2.28. The summed E-state index contributed by atoms with van der Waals surface area (Å²) in [5, 5.41) is 45.6. The number of rotatable bonds is 25. The van der Waals surface area contributed by atoms with Crippen molar-refractivity contribution in [2.75, 3.05) is 19.6 Å². The normalized spacial score (nSPS) is 24.3. The molecule has 3 fully saturated rings. The molecule has 3 aromatic carbocycles. The van der Waals surface area contributed by atoms with Gasteiger partial charge >= 0.3 is 24.1 Å². The predicted molar refractivity (Wildman–Crippen MR) is 302 cm³/mol. The van der Waals surface area contributed by atoms with Gasteiger partial charge in [0.1, 0.15) is 23.7 Å². The summed E-state index contributed by atoms with van der Waals surface area (Å²) in [7, 11) is 0. The van der Waals surface area contributed by atoms with Gasteiger partial charge in [0.2, 0.25) is 23.3 Å². The standard InChI is InChI=1S/C20H27N3O5.C19H24F3N3O4.C19H27N3O4/c1-13(9-10-16-7-5-4-6-8-16)21-14(2)18(25)23-12-20(22-28,15(3)24)11-17(23)19(26)27;1-12(8-9-14-6-4-3-5-7-14)23-13(2)16(26)25-11-18(24-29,19(20,21)22)10-15(25)17(27)28;1-13(9-10-15-7-5-4-6-8-15)20-14(2)17(23)22-12-19(3,21-26)11-16(22)18(24)25/h4-8,13-14,17,21H,9-12H2,1-3H3,(H,26,27);3-7,12-13,15,23H,8-11H2,1-2H3,(H,27,28);4-8,13-14,16,20H,9-12H2,1-3H3,(H,24,25)/t13-,14+,17+,20?;12-,13+,15+,18?;13-,14+,16+,19?/m111/s1. The van der Waals surface area contributed by atoms with E-state index >= 15 is 0 Å². The molecule has 3 aromatic rings. The quantitative estimate of drug-likeness (QED) is 0.0481. The number of nitroso groups, excluding NO2 is 3. The molecule has 3 aliphatic rings. The van der Waals surface area contributed by atoms with Crippen LogP contribution in [-0.2, 0) is 52.8 Å². The Balaban J connectivity index is 0.000000268. The van der Waals surface area contributed by atoms with Gasteiger partial charge in [0.25, 0.3) is 0 Å². The maximum atomic E-state index is 13.3. The number of carbonyl (C=O) groups is 7. The highest BCUT2D eigenvalue weighted by atomic mass is 19.4. The van der Waals surface area contributed by atoms with Gasteiger partial charge in [0.05, 0.1) is 37.8 Å². The molecular formula is C58H78F3N9O13. The van der Waals surface area contributed by atoms with Gasteiger partial charge in [-0.15, -0.1) is 9.81 Å². The van der Waals surface area contributed by atoms with Crippen molar-refractivity contribution >= 4 is 41.4 Å². The number of hydrogen-bond acceptors (Lipinski definition) is 16. The number of carbonyl (C=O) groups excluding carboxylic acids is 4. The first-order valence-electron chi connectivity index (χ1n) is 27.6. The molecule has 3 unspecified atom stereocenters. The lowest BCUT2D eigenvalue weighted by Crippen LogP contribution is -2.52. The molecular weight excluding hydrogens is 1090 g/mol. The summed E-state index contributed by atoms with van der Waals surface area (Å²) < 4.78 is 40.0. The molecule has 0 aromatic heterocycles. The zero-order chi connectivity index (χ0) is 62.0. The van der Waals surface area contributed by atoms with Crippen molar-refractivity contribution in [3.63, 3.8) is 0 Å². The molecule has 0 bridgehead atoms. The fourth-order valence-corrected chi connectivity index (χ4v) is 10.5. The van der Waals surface area contributed by atoms with E-state index < -0.39 is 108 Å². The van der Waals surface area contributed by atoms with Crippen LogP contribution in [0.1, 0.15) is 111 Å². The molecule has 3 aliphatic heterocycles. The van der Waals surface area contributed by atoms with E-state index in [2.05, 4.69) is 43.6 Å². The average molecular weight is 1170 g/mol. The second-order valence-corrected chi connectivity index (χ2v) is 22.4. The van der Waals surface area contributed by atoms with Crippen molar-refractivity contribution in [1.82, 2.24) is 30.7 Å². The molecule has 454 valence electrons. The Bertz CT molecular complexity index is 2720. The zero-order valence-electron chi connectivity index (χ0n) is 48.1.